The van der Waals surface area contributed by atoms with Crippen molar-refractivity contribution in [2.45, 2.75) is 18.9 Å². The van der Waals surface area contributed by atoms with Crippen molar-refractivity contribution in [3.63, 3.8) is 0 Å². The number of carbonyl (C=O) groups is 2. The smallest absolute Gasteiger partial charge is 0.307 e. The molecule has 0 saturated heterocycles. The average molecular weight is 265 g/mol. The number of aliphatic carboxylic acids is 1. The van der Waals surface area contributed by atoms with Crippen LogP contribution in [0, 0.1) is 0 Å². The van der Waals surface area contributed by atoms with E-state index in [9.17, 15) is 14.7 Å². The van der Waals surface area contributed by atoms with E-state index in [-0.39, 0.29) is 5.56 Å². The minimum atomic E-state index is -2.02. The van der Waals surface area contributed by atoms with Crippen LogP contribution in [-0.4, -0.2) is 35.7 Å². The molecule has 102 valence electrons. The predicted octanol–water partition coefficient (Wildman–Crippen LogP) is 0.724. The van der Waals surface area contributed by atoms with Gasteiger partial charge in [0.2, 0.25) is 0 Å². The van der Waals surface area contributed by atoms with E-state index in [2.05, 4.69) is 0 Å². The fourth-order valence-electron chi connectivity index (χ4n) is 2.29. The van der Waals surface area contributed by atoms with Gasteiger partial charge < -0.3 is 19.8 Å². The Morgan fingerprint density at radius 2 is 2.16 bits per heavy atom. The minimum absolute atomic E-state index is 0.272. The van der Waals surface area contributed by atoms with Crippen molar-refractivity contribution in [1.82, 2.24) is 0 Å². The van der Waals surface area contributed by atoms with Crippen LogP contribution in [-0.2, 0) is 15.2 Å². The first-order valence-electron chi connectivity index (χ1n) is 5.89. The number of hydrogen-bond donors (Lipinski definition) is 2. The molecule has 2 N–H and O–H groups in total. The molecule has 1 aliphatic heterocycles. The molecule has 0 bridgehead atoms. The number of carboxylic acid groups (broad SMARTS) is 1. The van der Waals surface area contributed by atoms with Crippen molar-refractivity contribution in [1.29, 1.82) is 0 Å². The van der Waals surface area contributed by atoms with Crippen LogP contribution in [0.3, 0.4) is 0 Å². The first-order chi connectivity index (χ1) is 8.90. The molecule has 2 rings (SSSR count). The SMILES string of the molecule is CCOc1ccc2c(c1)C(O)(CC(=O)O)C(=O)N2C. The molecule has 19 heavy (non-hydrogen) atoms. The third-order valence-electron chi connectivity index (χ3n) is 3.15. The highest BCUT2D eigenvalue weighted by molar-refractivity contribution is 6.08. The number of hydrogen-bond acceptors (Lipinski definition) is 4. The quantitative estimate of drug-likeness (QED) is 0.837. The van der Waals surface area contributed by atoms with Crippen LogP contribution in [0.1, 0.15) is 18.9 Å². The van der Waals surface area contributed by atoms with E-state index < -0.39 is 23.9 Å². The van der Waals surface area contributed by atoms with E-state index in [4.69, 9.17) is 9.84 Å². The number of rotatable bonds is 4. The molecule has 0 spiro atoms. The van der Waals surface area contributed by atoms with Crippen molar-refractivity contribution in [3.8, 4) is 5.75 Å². The predicted molar refractivity (Wildman–Crippen MR) is 67.2 cm³/mol. The number of ether oxygens (including phenoxy) is 1. The highest BCUT2D eigenvalue weighted by Gasteiger charge is 2.50. The lowest BCUT2D eigenvalue weighted by Gasteiger charge is -2.19. The fraction of sp³-hybridized carbons (Fsp3) is 0.385. The van der Waals surface area contributed by atoms with Gasteiger partial charge in [0.25, 0.3) is 5.91 Å². The van der Waals surface area contributed by atoms with Gasteiger partial charge in [-0.2, -0.15) is 0 Å². The molecular weight excluding hydrogens is 250 g/mol. The summed E-state index contributed by atoms with van der Waals surface area (Å²) < 4.78 is 5.31. The maximum atomic E-state index is 12.1. The number of likely N-dealkylation sites (N-methyl/N-ethyl adjacent to an activating group) is 1. The van der Waals surface area contributed by atoms with E-state index in [0.29, 0.717) is 18.0 Å². The number of carboxylic acids is 1. The molecule has 1 heterocycles. The Morgan fingerprint density at radius 1 is 1.47 bits per heavy atom. The van der Waals surface area contributed by atoms with Crippen molar-refractivity contribution >= 4 is 17.6 Å². The normalized spacial score (nSPS) is 21.4. The molecule has 1 aromatic rings. The first-order valence-corrected chi connectivity index (χ1v) is 5.89. The zero-order chi connectivity index (χ0) is 14.2. The fourth-order valence-corrected chi connectivity index (χ4v) is 2.29. The Kier molecular flexibility index (Phi) is 3.20. The summed E-state index contributed by atoms with van der Waals surface area (Å²) in [6.07, 6.45) is -0.668. The second-order valence-corrected chi connectivity index (χ2v) is 4.41. The molecule has 1 aliphatic rings. The molecule has 1 unspecified atom stereocenters. The highest BCUT2D eigenvalue weighted by Crippen LogP contribution is 2.43. The Balaban J connectivity index is 2.52. The van der Waals surface area contributed by atoms with E-state index in [1.165, 1.54) is 18.0 Å². The van der Waals surface area contributed by atoms with Gasteiger partial charge in [-0.05, 0) is 25.1 Å². The van der Waals surface area contributed by atoms with Crippen LogP contribution in [0.5, 0.6) is 5.75 Å². The lowest BCUT2D eigenvalue weighted by molar-refractivity contribution is -0.150. The van der Waals surface area contributed by atoms with E-state index in [0.717, 1.165) is 0 Å². The summed E-state index contributed by atoms with van der Waals surface area (Å²) in [6.45, 7) is 2.26. The van der Waals surface area contributed by atoms with E-state index >= 15 is 0 Å². The van der Waals surface area contributed by atoms with Crippen LogP contribution in [0.15, 0.2) is 18.2 Å². The lowest BCUT2D eigenvalue weighted by Crippen LogP contribution is -2.40. The third kappa shape index (κ3) is 2.04. The van der Waals surface area contributed by atoms with Crippen LogP contribution < -0.4 is 9.64 Å². The topological polar surface area (TPSA) is 87.1 Å². The summed E-state index contributed by atoms with van der Waals surface area (Å²) in [7, 11) is 1.50. The van der Waals surface area contributed by atoms with Crippen LogP contribution in [0.2, 0.25) is 0 Å². The number of aliphatic hydroxyl groups is 1. The standard InChI is InChI=1S/C13H15NO5/c1-3-19-8-4-5-10-9(6-8)13(18,7-11(15)16)12(17)14(10)2/h4-6,18H,3,7H2,1-2H3,(H,15,16). The monoisotopic (exact) mass is 265 g/mol. The van der Waals surface area contributed by atoms with Gasteiger partial charge in [-0.15, -0.1) is 0 Å². The number of nitrogens with zero attached hydrogens (tertiary/aromatic N) is 1. The van der Waals surface area contributed by atoms with Gasteiger partial charge in [-0.25, -0.2) is 0 Å². The number of anilines is 1. The van der Waals surface area contributed by atoms with Gasteiger partial charge >= 0.3 is 5.97 Å². The zero-order valence-corrected chi connectivity index (χ0v) is 10.7. The first kappa shape index (κ1) is 13.4. The van der Waals surface area contributed by atoms with Crippen molar-refractivity contribution in [2.24, 2.45) is 0 Å². The number of carbonyl (C=O) groups excluding carboxylic acids is 1. The van der Waals surface area contributed by atoms with Gasteiger partial charge in [0.05, 0.1) is 18.7 Å². The molecule has 1 aromatic carbocycles. The molecule has 1 atom stereocenters. The Bertz CT molecular complexity index is 542. The Hall–Kier alpha value is -2.08. The van der Waals surface area contributed by atoms with Gasteiger partial charge in [0.1, 0.15) is 5.75 Å². The summed E-state index contributed by atoms with van der Waals surface area (Å²) in [5.74, 6) is -1.38. The summed E-state index contributed by atoms with van der Waals surface area (Å²) in [6, 6.07) is 4.83. The Labute approximate surface area is 110 Å². The van der Waals surface area contributed by atoms with Gasteiger partial charge in [0, 0.05) is 12.6 Å². The van der Waals surface area contributed by atoms with Crippen molar-refractivity contribution in [3.05, 3.63) is 23.8 Å². The Morgan fingerprint density at radius 3 is 2.74 bits per heavy atom. The molecule has 0 aromatic heterocycles. The third-order valence-corrected chi connectivity index (χ3v) is 3.15. The summed E-state index contributed by atoms with van der Waals surface area (Å²) >= 11 is 0. The van der Waals surface area contributed by atoms with E-state index in [1.807, 2.05) is 6.92 Å². The van der Waals surface area contributed by atoms with Crippen LogP contribution >= 0.6 is 0 Å². The molecule has 6 nitrogen and oxygen atoms in total. The van der Waals surface area contributed by atoms with Crippen molar-refractivity contribution < 1.29 is 24.5 Å². The number of benzene rings is 1. The van der Waals surface area contributed by atoms with Gasteiger partial charge in [-0.3, -0.25) is 9.59 Å². The average Bonchev–Trinajstić information content (AvgIpc) is 2.52. The second-order valence-electron chi connectivity index (χ2n) is 4.41. The van der Waals surface area contributed by atoms with Gasteiger partial charge in [0.15, 0.2) is 5.60 Å². The maximum absolute atomic E-state index is 12.1. The van der Waals surface area contributed by atoms with Gasteiger partial charge in [-0.1, -0.05) is 0 Å². The molecule has 0 fully saturated rings. The molecular formula is C13H15NO5. The molecule has 0 aliphatic carbocycles. The van der Waals surface area contributed by atoms with E-state index in [1.54, 1.807) is 12.1 Å². The zero-order valence-electron chi connectivity index (χ0n) is 10.7. The summed E-state index contributed by atoms with van der Waals surface area (Å²) in [4.78, 5) is 24.2. The summed E-state index contributed by atoms with van der Waals surface area (Å²) in [5.41, 5.74) is -1.26. The van der Waals surface area contributed by atoms with Crippen molar-refractivity contribution in [2.75, 3.05) is 18.6 Å². The second kappa shape index (κ2) is 4.55. The minimum Gasteiger partial charge on any atom is -0.494 e. The lowest BCUT2D eigenvalue weighted by atomic mass is 9.92. The molecule has 0 radical (unpaired) electrons. The molecule has 6 heteroatoms. The molecule has 0 saturated carbocycles. The maximum Gasteiger partial charge on any atom is 0.307 e. The van der Waals surface area contributed by atoms with Crippen LogP contribution in [0.25, 0.3) is 0 Å². The largest absolute Gasteiger partial charge is 0.494 e. The van der Waals surface area contributed by atoms with Crippen LogP contribution in [0.4, 0.5) is 5.69 Å². The number of amides is 1. The molecule has 1 amide bonds. The number of fused-ring (bicyclic) bond motifs is 1. The highest BCUT2D eigenvalue weighted by atomic mass is 16.5. The summed E-state index contributed by atoms with van der Waals surface area (Å²) in [5, 5.41) is 19.3.